The van der Waals surface area contributed by atoms with Gasteiger partial charge in [0.05, 0.1) is 0 Å². The predicted molar refractivity (Wildman–Crippen MR) is 53.4 cm³/mol. The van der Waals surface area contributed by atoms with Crippen molar-refractivity contribution in [2.24, 2.45) is 0 Å². The Hall–Kier alpha value is -0.0800. The van der Waals surface area contributed by atoms with Crippen LogP contribution in [0, 0.1) is 0 Å². The van der Waals surface area contributed by atoms with Crippen LogP contribution in [-0.2, 0) is 0 Å². The van der Waals surface area contributed by atoms with Gasteiger partial charge < -0.3 is 9.80 Å². The van der Waals surface area contributed by atoms with Crippen molar-refractivity contribution in [1.29, 1.82) is 0 Å². The molecule has 1 saturated carbocycles. The molecule has 0 aromatic carbocycles. The molecule has 1 aliphatic carbocycles. The van der Waals surface area contributed by atoms with E-state index in [9.17, 15) is 0 Å². The highest BCUT2D eigenvalue weighted by atomic mass is 15.2. The Morgan fingerprint density at radius 2 is 1.08 bits per heavy atom. The van der Waals surface area contributed by atoms with Crippen LogP contribution in [0.15, 0.2) is 0 Å². The molecule has 0 N–H and O–H groups in total. The summed E-state index contributed by atoms with van der Waals surface area (Å²) < 4.78 is 0. The molecule has 0 aromatic rings. The van der Waals surface area contributed by atoms with Gasteiger partial charge in [0.2, 0.25) is 0 Å². The second-order valence-corrected chi connectivity index (χ2v) is 4.35. The van der Waals surface area contributed by atoms with Crippen molar-refractivity contribution in [2.75, 3.05) is 28.2 Å². The van der Waals surface area contributed by atoms with Gasteiger partial charge in [-0.1, -0.05) is 12.8 Å². The number of hydrogen-bond donors (Lipinski definition) is 0. The first-order chi connectivity index (χ1) is 5.63. The monoisotopic (exact) mass is 170 g/mol. The smallest absolute Gasteiger partial charge is 0.0245 e. The van der Waals surface area contributed by atoms with E-state index in [2.05, 4.69) is 38.0 Å². The van der Waals surface area contributed by atoms with Crippen molar-refractivity contribution in [3.8, 4) is 0 Å². The van der Waals surface area contributed by atoms with E-state index in [0.717, 1.165) is 12.1 Å². The Labute approximate surface area is 76.5 Å². The second-order valence-electron chi connectivity index (χ2n) is 4.35. The molecule has 0 aliphatic heterocycles. The van der Waals surface area contributed by atoms with Gasteiger partial charge in [-0.15, -0.1) is 0 Å². The minimum Gasteiger partial charge on any atom is -0.305 e. The predicted octanol–water partition coefficient (Wildman–Crippen LogP) is 1.42. The highest BCUT2D eigenvalue weighted by Crippen LogP contribution is 2.24. The molecule has 1 unspecified atom stereocenters. The molecule has 0 heterocycles. The summed E-state index contributed by atoms with van der Waals surface area (Å²) in [5.74, 6) is 0. The van der Waals surface area contributed by atoms with Crippen molar-refractivity contribution < 1.29 is 0 Å². The van der Waals surface area contributed by atoms with Gasteiger partial charge in [0.25, 0.3) is 0 Å². The zero-order valence-corrected chi connectivity index (χ0v) is 8.88. The second kappa shape index (κ2) is 4.24. The molecule has 0 amide bonds. The van der Waals surface area contributed by atoms with Crippen LogP contribution >= 0.6 is 0 Å². The minimum absolute atomic E-state index is 0.772. The van der Waals surface area contributed by atoms with Crippen LogP contribution in [0.4, 0.5) is 0 Å². The van der Waals surface area contributed by atoms with Gasteiger partial charge in [0, 0.05) is 12.1 Å². The third-order valence-electron chi connectivity index (χ3n) is 3.02. The van der Waals surface area contributed by atoms with E-state index in [1.165, 1.54) is 25.7 Å². The van der Waals surface area contributed by atoms with Crippen LogP contribution in [0.5, 0.6) is 0 Å². The van der Waals surface area contributed by atoms with E-state index in [1.54, 1.807) is 0 Å². The minimum atomic E-state index is 0.772. The summed E-state index contributed by atoms with van der Waals surface area (Å²) in [6, 6.07) is 1.54. The summed E-state index contributed by atoms with van der Waals surface area (Å²) in [4.78, 5) is 4.76. The number of nitrogens with zero attached hydrogens (tertiary/aromatic N) is 2. The molecule has 12 heavy (non-hydrogen) atoms. The van der Waals surface area contributed by atoms with E-state index >= 15 is 0 Å². The lowest BCUT2D eigenvalue weighted by atomic mass is 9.89. The molecule has 0 radical (unpaired) electrons. The largest absolute Gasteiger partial charge is 0.305 e. The van der Waals surface area contributed by atoms with Crippen molar-refractivity contribution >= 4 is 0 Å². The third-order valence-corrected chi connectivity index (χ3v) is 3.02. The summed E-state index contributed by atoms with van der Waals surface area (Å²) in [5.41, 5.74) is 0. The van der Waals surface area contributed by atoms with Crippen LogP contribution in [-0.4, -0.2) is 50.1 Å². The zero-order chi connectivity index (χ0) is 9.14. The molecular weight excluding hydrogens is 148 g/mol. The van der Waals surface area contributed by atoms with E-state index in [4.69, 9.17) is 0 Å². The standard InChI is InChI=1S/C10H22N2/c1-11(2)9-7-5-6-8-10(9)12(3)4/h9-10H,5-8H2,1-4H3/t9-,10?/m0/s1. The average molecular weight is 170 g/mol. The summed E-state index contributed by atoms with van der Waals surface area (Å²) in [6.45, 7) is 0. The third kappa shape index (κ3) is 2.20. The Kier molecular flexibility index (Phi) is 3.53. The fourth-order valence-corrected chi connectivity index (χ4v) is 2.30. The molecule has 2 atom stereocenters. The summed E-state index contributed by atoms with van der Waals surface area (Å²) in [5, 5.41) is 0. The first-order valence-electron chi connectivity index (χ1n) is 4.96. The highest BCUT2D eigenvalue weighted by molar-refractivity contribution is 4.85. The lowest BCUT2D eigenvalue weighted by Gasteiger charge is -2.39. The Bertz CT molecular complexity index is 116. The van der Waals surface area contributed by atoms with Crippen molar-refractivity contribution in [3.63, 3.8) is 0 Å². The van der Waals surface area contributed by atoms with Gasteiger partial charge >= 0.3 is 0 Å². The van der Waals surface area contributed by atoms with Gasteiger partial charge in [-0.05, 0) is 41.0 Å². The number of hydrogen-bond acceptors (Lipinski definition) is 2. The van der Waals surface area contributed by atoms with Crippen LogP contribution in [0.1, 0.15) is 25.7 Å². The molecule has 1 rings (SSSR count). The van der Waals surface area contributed by atoms with E-state index in [-0.39, 0.29) is 0 Å². The highest BCUT2D eigenvalue weighted by Gasteiger charge is 2.27. The molecule has 0 bridgehead atoms. The quantitative estimate of drug-likeness (QED) is 0.618. The van der Waals surface area contributed by atoms with Crippen LogP contribution in [0.3, 0.4) is 0 Å². The topological polar surface area (TPSA) is 6.48 Å². The summed E-state index contributed by atoms with van der Waals surface area (Å²) in [7, 11) is 8.80. The first kappa shape index (κ1) is 10.0. The molecule has 2 heteroatoms. The molecule has 0 aromatic heterocycles. The maximum Gasteiger partial charge on any atom is 0.0245 e. The molecule has 0 spiro atoms. The van der Waals surface area contributed by atoms with E-state index in [0.29, 0.717) is 0 Å². The van der Waals surface area contributed by atoms with Crippen molar-refractivity contribution in [1.82, 2.24) is 9.80 Å². The van der Waals surface area contributed by atoms with Crippen LogP contribution in [0.2, 0.25) is 0 Å². The molecule has 0 saturated heterocycles. The summed E-state index contributed by atoms with van der Waals surface area (Å²) >= 11 is 0. The Morgan fingerprint density at radius 1 is 0.750 bits per heavy atom. The lowest BCUT2D eigenvalue weighted by molar-refractivity contribution is 0.110. The molecular formula is C10H22N2. The van der Waals surface area contributed by atoms with Crippen molar-refractivity contribution in [2.45, 2.75) is 37.8 Å². The van der Waals surface area contributed by atoms with Crippen LogP contribution in [0.25, 0.3) is 0 Å². The molecule has 72 valence electrons. The lowest BCUT2D eigenvalue weighted by Crippen LogP contribution is -2.48. The summed E-state index contributed by atoms with van der Waals surface area (Å²) in [6.07, 6.45) is 5.56. The van der Waals surface area contributed by atoms with Gasteiger partial charge in [-0.25, -0.2) is 0 Å². The molecule has 1 fully saturated rings. The number of likely N-dealkylation sites (N-methyl/N-ethyl adjacent to an activating group) is 2. The van der Waals surface area contributed by atoms with Gasteiger partial charge in [-0.3, -0.25) is 0 Å². The average Bonchev–Trinajstić information content (AvgIpc) is 2.04. The molecule has 2 nitrogen and oxygen atoms in total. The Balaban J connectivity index is 2.54. The van der Waals surface area contributed by atoms with Gasteiger partial charge in [-0.2, -0.15) is 0 Å². The van der Waals surface area contributed by atoms with Crippen LogP contribution < -0.4 is 0 Å². The van der Waals surface area contributed by atoms with Crippen molar-refractivity contribution in [3.05, 3.63) is 0 Å². The fraction of sp³-hybridized carbons (Fsp3) is 1.00. The van der Waals surface area contributed by atoms with E-state index in [1.807, 2.05) is 0 Å². The molecule has 1 aliphatic rings. The maximum atomic E-state index is 2.38. The van der Waals surface area contributed by atoms with Gasteiger partial charge in [0.1, 0.15) is 0 Å². The van der Waals surface area contributed by atoms with Gasteiger partial charge in [0.15, 0.2) is 0 Å². The fourth-order valence-electron chi connectivity index (χ4n) is 2.30. The maximum absolute atomic E-state index is 2.38. The number of rotatable bonds is 2. The Morgan fingerprint density at radius 3 is 1.33 bits per heavy atom. The first-order valence-corrected chi connectivity index (χ1v) is 4.96. The zero-order valence-electron chi connectivity index (χ0n) is 8.88. The van der Waals surface area contributed by atoms with E-state index < -0.39 is 0 Å². The SMILES string of the molecule is CN(C)C1CCCC[C@@H]1N(C)C. The normalized spacial score (nSPS) is 31.5.